The van der Waals surface area contributed by atoms with Crippen LogP contribution < -0.4 is 0 Å². The van der Waals surface area contributed by atoms with Gasteiger partial charge in [0, 0.05) is 13.6 Å². The maximum Gasteiger partial charge on any atom is 0.409 e. The SMILES string of the molecule is CC(C)COC(=O)N(C)CC1CCC1. The lowest BCUT2D eigenvalue weighted by atomic mass is 9.85. The summed E-state index contributed by atoms with van der Waals surface area (Å²) in [6, 6.07) is 0. The molecule has 0 heterocycles. The van der Waals surface area contributed by atoms with Gasteiger partial charge in [-0.1, -0.05) is 20.3 Å². The van der Waals surface area contributed by atoms with Crippen molar-refractivity contribution in [2.24, 2.45) is 11.8 Å². The highest BCUT2D eigenvalue weighted by molar-refractivity contribution is 5.67. The maximum atomic E-state index is 11.4. The number of carbonyl (C=O) groups is 1. The van der Waals surface area contributed by atoms with Crippen LogP contribution in [-0.4, -0.2) is 31.2 Å². The minimum absolute atomic E-state index is 0.175. The van der Waals surface area contributed by atoms with Crippen molar-refractivity contribution in [2.75, 3.05) is 20.2 Å². The van der Waals surface area contributed by atoms with Crippen molar-refractivity contribution < 1.29 is 9.53 Å². The van der Waals surface area contributed by atoms with E-state index in [0.29, 0.717) is 18.4 Å². The highest BCUT2D eigenvalue weighted by Crippen LogP contribution is 2.26. The van der Waals surface area contributed by atoms with Crippen molar-refractivity contribution in [1.82, 2.24) is 4.90 Å². The Balaban J connectivity index is 2.14. The fourth-order valence-electron chi connectivity index (χ4n) is 1.49. The van der Waals surface area contributed by atoms with Gasteiger partial charge in [0.05, 0.1) is 6.61 Å². The Morgan fingerprint density at radius 1 is 1.50 bits per heavy atom. The molecule has 3 nitrogen and oxygen atoms in total. The van der Waals surface area contributed by atoms with Gasteiger partial charge in [0.1, 0.15) is 0 Å². The smallest absolute Gasteiger partial charge is 0.409 e. The molecule has 0 aliphatic heterocycles. The minimum atomic E-state index is -0.175. The second-order valence-electron chi connectivity index (χ2n) is 4.65. The minimum Gasteiger partial charge on any atom is -0.449 e. The molecule has 1 fully saturated rings. The van der Waals surface area contributed by atoms with Crippen LogP contribution in [0.2, 0.25) is 0 Å². The summed E-state index contributed by atoms with van der Waals surface area (Å²) in [5.41, 5.74) is 0. The first-order chi connectivity index (χ1) is 6.59. The molecule has 1 amide bonds. The average Bonchev–Trinajstić information content (AvgIpc) is 2.06. The van der Waals surface area contributed by atoms with Gasteiger partial charge in [-0.25, -0.2) is 4.79 Å². The molecule has 3 heteroatoms. The van der Waals surface area contributed by atoms with Crippen LogP contribution in [0, 0.1) is 11.8 Å². The summed E-state index contributed by atoms with van der Waals surface area (Å²) in [7, 11) is 1.82. The standard InChI is InChI=1S/C11H21NO2/c1-9(2)8-14-11(13)12(3)7-10-5-4-6-10/h9-10H,4-8H2,1-3H3. The van der Waals surface area contributed by atoms with Crippen LogP contribution in [0.5, 0.6) is 0 Å². The topological polar surface area (TPSA) is 29.5 Å². The Bertz CT molecular complexity index is 188. The van der Waals surface area contributed by atoms with Crippen molar-refractivity contribution in [2.45, 2.75) is 33.1 Å². The first-order valence-corrected chi connectivity index (χ1v) is 5.47. The Morgan fingerprint density at radius 3 is 2.57 bits per heavy atom. The number of ether oxygens (including phenoxy) is 1. The van der Waals surface area contributed by atoms with E-state index in [4.69, 9.17) is 4.74 Å². The summed E-state index contributed by atoms with van der Waals surface area (Å²) >= 11 is 0. The molecule has 1 saturated carbocycles. The number of hydrogen-bond donors (Lipinski definition) is 0. The Morgan fingerprint density at radius 2 is 2.14 bits per heavy atom. The summed E-state index contributed by atoms with van der Waals surface area (Å²) in [6.45, 7) is 5.46. The lowest BCUT2D eigenvalue weighted by molar-refractivity contribution is 0.0893. The normalized spacial score (nSPS) is 16.6. The average molecular weight is 199 g/mol. The van der Waals surface area contributed by atoms with Crippen LogP contribution in [-0.2, 0) is 4.74 Å². The molecular formula is C11H21NO2. The number of rotatable bonds is 4. The van der Waals surface area contributed by atoms with E-state index in [9.17, 15) is 4.79 Å². The zero-order valence-electron chi connectivity index (χ0n) is 9.45. The zero-order valence-corrected chi connectivity index (χ0v) is 9.45. The third-order valence-electron chi connectivity index (χ3n) is 2.61. The van der Waals surface area contributed by atoms with E-state index < -0.39 is 0 Å². The number of nitrogens with zero attached hydrogens (tertiary/aromatic N) is 1. The molecule has 82 valence electrons. The van der Waals surface area contributed by atoms with Crippen molar-refractivity contribution in [1.29, 1.82) is 0 Å². The van der Waals surface area contributed by atoms with E-state index in [1.165, 1.54) is 19.3 Å². The first kappa shape index (κ1) is 11.3. The molecule has 0 bridgehead atoms. The quantitative estimate of drug-likeness (QED) is 0.696. The largest absolute Gasteiger partial charge is 0.449 e. The van der Waals surface area contributed by atoms with Gasteiger partial charge in [0.25, 0.3) is 0 Å². The third kappa shape index (κ3) is 3.56. The van der Waals surface area contributed by atoms with Gasteiger partial charge < -0.3 is 9.64 Å². The van der Waals surface area contributed by atoms with E-state index in [1.807, 2.05) is 20.9 Å². The van der Waals surface area contributed by atoms with Crippen molar-refractivity contribution in [3.05, 3.63) is 0 Å². The van der Waals surface area contributed by atoms with Crippen molar-refractivity contribution in [3.63, 3.8) is 0 Å². The molecule has 0 radical (unpaired) electrons. The van der Waals surface area contributed by atoms with Gasteiger partial charge in [-0.2, -0.15) is 0 Å². The summed E-state index contributed by atoms with van der Waals surface area (Å²) in [6.07, 6.45) is 3.67. The maximum absolute atomic E-state index is 11.4. The van der Waals surface area contributed by atoms with Gasteiger partial charge in [-0.15, -0.1) is 0 Å². The lowest BCUT2D eigenvalue weighted by Gasteiger charge is -2.29. The number of hydrogen-bond acceptors (Lipinski definition) is 2. The van der Waals surface area contributed by atoms with E-state index >= 15 is 0 Å². The molecular weight excluding hydrogens is 178 g/mol. The van der Waals surface area contributed by atoms with E-state index in [0.717, 1.165) is 6.54 Å². The first-order valence-electron chi connectivity index (χ1n) is 5.47. The molecule has 0 aromatic carbocycles. The third-order valence-corrected chi connectivity index (χ3v) is 2.61. The zero-order chi connectivity index (χ0) is 10.6. The van der Waals surface area contributed by atoms with Gasteiger partial charge in [0.15, 0.2) is 0 Å². The number of carbonyl (C=O) groups excluding carboxylic acids is 1. The van der Waals surface area contributed by atoms with Gasteiger partial charge in [0.2, 0.25) is 0 Å². The lowest BCUT2D eigenvalue weighted by Crippen LogP contribution is -2.35. The van der Waals surface area contributed by atoms with Crippen LogP contribution in [0.1, 0.15) is 33.1 Å². The molecule has 1 aliphatic rings. The van der Waals surface area contributed by atoms with Gasteiger partial charge in [-0.3, -0.25) is 0 Å². The van der Waals surface area contributed by atoms with E-state index in [2.05, 4.69) is 0 Å². The molecule has 0 spiro atoms. The van der Waals surface area contributed by atoms with Crippen LogP contribution in [0.3, 0.4) is 0 Å². The second-order valence-corrected chi connectivity index (χ2v) is 4.65. The fourth-order valence-corrected chi connectivity index (χ4v) is 1.49. The summed E-state index contributed by atoms with van der Waals surface area (Å²) < 4.78 is 5.12. The molecule has 0 unspecified atom stereocenters. The predicted octanol–water partition coefficient (Wildman–Crippen LogP) is 2.51. The summed E-state index contributed by atoms with van der Waals surface area (Å²) in [5, 5.41) is 0. The summed E-state index contributed by atoms with van der Waals surface area (Å²) in [5.74, 6) is 1.13. The summed E-state index contributed by atoms with van der Waals surface area (Å²) in [4.78, 5) is 13.1. The van der Waals surface area contributed by atoms with E-state index in [-0.39, 0.29) is 6.09 Å². The molecule has 0 atom stereocenters. The fraction of sp³-hybridized carbons (Fsp3) is 0.909. The van der Waals surface area contributed by atoms with Crippen molar-refractivity contribution >= 4 is 6.09 Å². The Labute approximate surface area is 86.4 Å². The molecule has 0 N–H and O–H groups in total. The van der Waals surface area contributed by atoms with Crippen LogP contribution >= 0.6 is 0 Å². The predicted molar refractivity (Wildman–Crippen MR) is 56.2 cm³/mol. The monoisotopic (exact) mass is 199 g/mol. The van der Waals surface area contributed by atoms with Gasteiger partial charge in [-0.05, 0) is 24.7 Å². The molecule has 0 aromatic rings. The highest BCUT2D eigenvalue weighted by atomic mass is 16.6. The molecule has 1 aliphatic carbocycles. The van der Waals surface area contributed by atoms with Gasteiger partial charge >= 0.3 is 6.09 Å². The Hall–Kier alpha value is -0.730. The number of amides is 1. The molecule has 1 rings (SSSR count). The van der Waals surface area contributed by atoms with E-state index in [1.54, 1.807) is 4.90 Å². The van der Waals surface area contributed by atoms with Crippen molar-refractivity contribution in [3.8, 4) is 0 Å². The Kier molecular flexibility index (Phi) is 4.23. The van der Waals surface area contributed by atoms with Crippen LogP contribution in [0.25, 0.3) is 0 Å². The molecule has 0 saturated heterocycles. The molecule has 14 heavy (non-hydrogen) atoms. The van der Waals surface area contributed by atoms with Crippen LogP contribution in [0.15, 0.2) is 0 Å². The second kappa shape index (κ2) is 5.23. The molecule has 0 aromatic heterocycles. The van der Waals surface area contributed by atoms with Crippen LogP contribution in [0.4, 0.5) is 4.79 Å². The highest BCUT2D eigenvalue weighted by Gasteiger charge is 2.21.